The summed E-state index contributed by atoms with van der Waals surface area (Å²) in [7, 11) is -2.89. The summed E-state index contributed by atoms with van der Waals surface area (Å²) >= 11 is 0. The molecular formula is C11H17NO2S. The fraction of sp³-hybridized carbons (Fsp3) is 0.818. The number of hydrogen-bond acceptors (Lipinski definition) is 3. The molecule has 1 unspecified atom stereocenters. The summed E-state index contributed by atoms with van der Waals surface area (Å²) in [5.74, 6) is 1.92. The second-order valence-electron chi connectivity index (χ2n) is 5.13. The summed E-state index contributed by atoms with van der Waals surface area (Å²) < 4.78 is 22.5. The number of hydrogen-bond donors (Lipinski definition) is 1. The average Bonchev–Trinajstić information content (AvgIpc) is 3.02. The summed E-state index contributed by atoms with van der Waals surface area (Å²) in [6.07, 6.45) is 7.14. The molecule has 0 amide bonds. The highest BCUT2D eigenvalue weighted by Gasteiger charge is 2.42. The van der Waals surface area contributed by atoms with Crippen LogP contribution in [0.4, 0.5) is 0 Å². The van der Waals surface area contributed by atoms with Crippen LogP contribution in [0.25, 0.3) is 0 Å². The Labute approximate surface area is 90.9 Å². The highest BCUT2D eigenvalue weighted by atomic mass is 32.2. The second-order valence-corrected chi connectivity index (χ2v) is 7.06. The number of sulfone groups is 1. The van der Waals surface area contributed by atoms with Crippen molar-refractivity contribution in [3.63, 3.8) is 0 Å². The molecule has 1 heterocycles. The van der Waals surface area contributed by atoms with Gasteiger partial charge in [-0.15, -0.1) is 0 Å². The van der Waals surface area contributed by atoms with Gasteiger partial charge in [0.25, 0.3) is 0 Å². The summed E-state index contributed by atoms with van der Waals surface area (Å²) in [4.78, 5) is 0. The Bertz CT molecular complexity index is 367. The predicted molar refractivity (Wildman–Crippen MR) is 59.1 cm³/mol. The Morgan fingerprint density at radius 3 is 2.13 bits per heavy atom. The van der Waals surface area contributed by atoms with Crippen LogP contribution in [0.2, 0.25) is 0 Å². The minimum absolute atomic E-state index is 0.0706. The summed E-state index contributed by atoms with van der Waals surface area (Å²) in [5.41, 5.74) is 0. The molecule has 1 N–H and O–H groups in total. The molecule has 0 saturated heterocycles. The smallest absolute Gasteiger partial charge is 0.173 e. The van der Waals surface area contributed by atoms with Crippen molar-refractivity contribution in [2.45, 2.75) is 37.8 Å². The standard InChI is InChI=1S/C11H17NO2S/c13-15(14)6-5-10(7-15)12-11(8-1-2-8)9-3-4-9/h5-6,8-12H,1-4,7H2. The van der Waals surface area contributed by atoms with Gasteiger partial charge < -0.3 is 5.32 Å². The molecule has 0 aromatic rings. The van der Waals surface area contributed by atoms with Crippen LogP contribution in [0.15, 0.2) is 11.5 Å². The van der Waals surface area contributed by atoms with Gasteiger partial charge in [0.1, 0.15) is 0 Å². The van der Waals surface area contributed by atoms with Crippen molar-refractivity contribution in [1.29, 1.82) is 0 Å². The third kappa shape index (κ3) is 2.26. The van der Waals surface area contributed by atoms with E-state index in [0.717, 1.165) is 11.8 Å². The quantitative estimate of drug-likeness (QED) is 0.781. The molecule has 1 aliphatic heterocycles. The van der Waals surface area contributed by atoms with Gasteiger partial charge in [0.15, 0.2) is 9.84 Å². The van der Waals surface area contributed by atoms with Crippen molar-refractivity contribution in [2.75, 3.05) is 5.75 Å². The van der Waals surface area contributed by atoms with E-state index in [2.05, 4.69) is 5.32 Å². The van der Waals surface area contributed by atoms with E-state index in [1.165, 1.54) is 31.1 Å². The van der Waals surface area contributed by atoms with E-state index >= 15 is 0 Å². The molecule has 15 heavy (non-hydrogen) atoms. The molecule has 2 fully saturated rings. The van der Waals surface area contributed by atoms with E-state index < -0.39 is 9.84 Å². The van der Waals surface area contributed by atoms with Crippen molar-refractivity contribution in [2.24, 2.45) is 11.8 Å². The van der Waals surface area contributed by atoms with Gasteiger partial charge in [-0.2, -0.15) is 0 Å². The van der Waals surface area contributed by atoms with Gasteiger partial charge in [0.05, 0.1) is 5.75 Å². The van der Waals surface area contributed by atoms with Crippen molar-refractivity contribution in [3.05, 3.63) is 11.5 Å². The van der Waals surface area contributed by atoms with E-state index in [1.807, 2.05) is 6.08 Å². The highest BCUT2D eigenvalue weighted by Crippen LogP contribution is 2.44. The summed E-state index contributed by atoms with van der Waals surface area (Å²) in [5, 5.41) is 4.89. The van der Waals surface area contributed by atoms with Crippen LogP contribution in [-0.4, -0.2) is 26.3 Å². The number of rotatable bonds is 4. The molecule has 4 heteroatoms. The monoisotopic (exact) mass is 227 g/mol. The molecule has 0 aromatic carbocycles. The first-order valence-electron chi connectivity index (χ1n) is 5.81. The van der Waals surface area contributed by atoms with Gasteiger partial charge in [-0.25, -0.2) is 8.42 Å². The molecule has 3 rings (SSSR count). The Kier molecular flexibility index (Phi) is 2.18. The SMILES string of the molecule is O=S1(=O)C=CC(NC(C2CC2)C2CC2)C1. The van der Waals surface area contributed by atoms with Crippen LogP contribution in [0, 0.1) is 11.8 Å². The minimum atomic E-state index is -2.89. The van der Waals surface area contributed by atoms with Crippen molar-refractivity contribution in [3.8, 4) is 0 Å². The van der Waals surface area contributed by atoms with E-state index in [4.69, 9.17) is 0 Å². The lowest BCUT2D eigenvalue weighted by Crippen LogP contribution is -2.41. The van der Waals surface area contributed by atoms with Crippen molar-refractivity contribution < 1.29 is 8.42 Å². The van der Waals surface area contributed by atoms with Gasteiger partial charge in [0, 0.05) is 17.5 Å². The van der Waals surface area contributed by atoms with Crippen molar-refractivity contribution >= 4 is 9.84 Å². The van der Waals surface area contributed by atoms with Gasteiger partial charge >= 0.3 is 0 Å². The van der Waals surface area contributed by atoms with Gasteiger partial charge in [-0.3, -0.25) is 0 Å². The third-order valence-electron chi connectivity index (χ3n) is 3.60. The number of nitrogens with one attached hydrogen (secondary N) is 1. The molecule has 0 radical (unpaired) electrons. The second kappa shape index (κ2) is 3.32. The average molecular weight is 227 g/mol. The molecule has 0 aromatic heterocycles. The Balaban J connectivity index is 1.62. The predicted octanol–water partition coefficient (Wildman–Crippen LogP) is 1.08. The van der Waals surface area contributed by atoms with Crippen LogP contribution in [0.3, 0.4) is 0 Å². The van der Waals surface area contributed by atoms with Crippen LogP contribution >= 0.6 is 0 Å². The molecule has 1 atom stereocenters. The molecular weight excluding hydrogens is 210 g/mol. The maximum absolute atomic E-state index is 11.3. The molecule has 2 saturated carbocycles. The molecule has 3 aliphatic rings. The lowest BCUT2D eigenvalue weighted by atomic mass is 10.1. The van der Waals surface area contributed by atoms with E-state index in [-0.39, 0.29) is 11.8 Å². The minimum Gasteiger partial charge on any atom is -0.306 e. The maximum Gasteiger partial charge on any atom is 0.173 e. The van der Waals surface area contributed by atoms with Gasteiger partial charge in [-0.1, -0.05) is 6.08 Å². The fourth-order valence-electron chi connectivity index (χ4n) is 2.49. The van der Waals surface area contributed by atoms with Gasteiger partial charge in [0.2, 0.25) is 0 Å². The largest absolute Gasteiger partial charge is 0.306 e. The Hall–Kier alpha value is -0.350. The zero-order valence-corrected chi connectivity index (χ0v) is 9.54. The highest BCUT2D eigenvalue weighted by molar-refractivity contribution is 7.94. The normalized spacial score (nSPS) is 33.8. The fourth-order valence-corrected chi connectivity index (χ4v) is 3.74. The topological polar surface area (TPSA) is 46.2 Å². The van der Waals surface area contributed by atoms with Crippen LogP contribution < -0.4 is 5.32 Å². The summed E-state index contributed by atoms with van der Waals surface area (Å²) in [6.45, 7) is 0. The zero-order valence-electron chi connectivity index (χ0n) is 8.72. The molecule has 0 bridgehead atoms. The lowest BCUT2D eigenvalue weighted by molar-refractivity contribution is 0.401. The molecule has 3 nitrogen and oxygen atoms in total. The first-order valence-corrected chi connectivity index (χ1v) is 7.53. The van der Waals surface area contributed by atoms with E-state index in [1.54, 1.807) is 0 Å². The molecule has 2 aliphatic carbocycles. The van der Waals surface area contributed by atoms with E-state index in [0.29, 0.717) is 6.04 Å². The zero-order chi connectivity index (χ0) is 10.5. The third-order valence-corrected chi connectivity index (χ3v) is 4.99. The lowest BCUT2D eigenvalue weighted by Gasteiger charge is -2.21. The molecule has 0 spiro atoms. The Morgan fingerprint density at radius 2 is 1.73 bits per heavy atom. The van der Waals surface area contributed by atoms with E-state index in [9.17, 15) is 8.42 Å². The van der Waals surface area contributed by atoms with Crippen molar-refractivity contribution in [1.82, 2.24) is 5.32 Å². The first kappa shape index (κ1) is 9.85. The van der Waals surface area contributed by atoms with Crippen LogP contribution in [0.1, 0.15) is 25.7 Å². The Morgan fingerprint density at radius 1 is 1.13 bits per heavy atom. The van der Waals surface area contributed by atoms with Crippen LogP contribution in [0.5, 0.6) is 0 Å². The van der Waals surface area contributed by atoms with Gasteiger partial charge in [-0.05, 0) is 37.5 Å². The van der Waals surface area contributed by atoms with Crippen LogP contribution in [-0.2, 0) is 9.84 Å². The first-order chi connectivity index (χ1) is 7.14. The maximum atomic E-state index is 11.3. The molecule has 84 valence electrons. The summed E-state index contributed by atoms with van der Waals surface area (Å²) in [6, 6.07) is 0.661.